The molecule has 0 amide bonds. The minimum Gasteiger partial charge on any atom is -0.366 e. The number of fused-ring (bicyclic) bond motifs is 1. The lowest BCUT2D eigenvalue weighted by molar-refractivity contribution is 1.16. The summed E-state index contributed by atoms with van der Waals surface area (Å²) < 4.78 is 2.01. The second-order valence-corrected chi connectivity index (χ2v) is 4.38. The summed E-state index contributed by atoms with van der Waals surface area (Å²) >= 11 is 0. The summed E-state index contributed by atoms with van der Waals surface area (Å²) in [6.07, 6.45) is 12.9. The molecule has 0 unspecified atom stereocenters. The van der Waals surface area contributed by atoms with Gasteiger partial charge in [-0.1, -0.05) is 12.1 Å². The fraction of sp³-hybridized carbons (Fsp3) is 0.125. The minimum absolute atomic E-state index is 1.04. The Bertz CT molecular complexity index is 686. The normalized spacial score (nSPS) is 9.50. The van der Waals surface area contributed by atoms with E-state index in [9.17, 15) is 0 Å². The Kier molecular flexibility index (Phi) is 4.89. The molecule has 0 radical (unpaired) electrons. The van der Waals surface area contributed by atoms with E-state index in [1.54, 1.807) is 12.4 Å². The van der Waals surface area contributed by atoms with Crippen LogP contribution >= 0.6 is 0 Å². The van der Waals surface area contributed by atoms with Gasteiger partial charge in [-0.15, -0.1) is 0 Å². The largest absolute Gasteiger partial charge is 0.366 e. The second kappa shape index (κ2) is 7.09. The lowest BCUT2D eigenvalue weighted by Gasteiger charge is -1.94. The molecule has 3 rings (SSSR count). The van der Waals surface area contributed by atoms with Crippen LogP contribution in [0.15, 0.2) is 67.6 Å². The first-order chi connectivity index (χ1) is 9.77. The highest BCUT2D eigenvalue weighted by atomic mass is 15.0. The van der Waals surface area contributed by atoms with Gasteiger partial charge in [0.15, 0.2) is 0 Å². The van der Waals surface area contributed by atoms with E-state index in [0.29, 0.717) is 0 Å². The number of aromatic nitrogens is 4. The zero-order valence-electron chi connectivity index (χ0n) is 11.7. The lowest BCUT2D eigenvalue weighted by Crippen LogP contribution is -1.83. The van der Waals surface area contributed by atoms with Gasteiger partial charge in [0.2, 0.25) is 0 Å². The Morgan fingerprint density at radius 3 is 2.75 bits per heavy atom. The van der Waals surface area contributed by atoms with E-state index in [1.165, 1.54) is 5.56 Å². The van der Waals surface area contributed by atoms with Crippen molar-refractivity contribution in [3.8, 4) is 0 Å². The van der Waals surface area contributed by atoms with Crippen molar-refractivity contribution in [1.82, 2.24) is 19.4 Å². The summed E-state index contributed by atoms with van der Waals surface area (Å²) in [5.41, 5.74) is 3.40. The molecular weight excluding hydrogens is 248 g/mol. The number of pyridine rings is 1. The van der Waals surface area contributed by atoms with Crippen LogP contribution in [0.2, 0.25) is 0 Å². The van der Waals surface area contributed by atoms with Gasteiger partial charge in [-0.05, 0) is 37.1 Å². The molecule has 0 aliphatic heterocycles. The van der Waals surface area contributed by atoms with Gasteiger partial charge in [0.05, 0.1) is 0 Å². The van der Waals surface area contributed by atoms with E-state index in [2.05, 4.69) is 27.9 Å². The Hall–Kier alpha value is -2.62. The van der Waals surface area contributed by atoms with Crippen LogP contribution in [0.25, 0.3) is 5.65 Å². The van der Waals surface area contributed by atoms with Crippen LogP contribution in [0.4, 0.5) is 0 Å². The number of nitrogens with one attached hydrogen (secondary N) is 1. The highest BCUT2D eigenvalue weighted by Crippen LogP contribution is 2.05. The Balaban J connectivity index is 0.000000147. The van der Waals surface area contributed by atoms with Gasteiger partial charge in [0, 0.05) is 43.4 Å². The fourth-order valence-corrected chi connectivity index (χ4v) is 1.69. The number of rotatable bonds is 0. The number of hydrogen-bond acceptors (Lipinski definition) is 2. The maximum atomic E-state index is 4.18. The highest BCUT2D eigenvalue weighted by molar-refractivity contribution is 5.46. The molecule has 0 atom stereocenters. The van der Waals surface area contributed by atoms with Crippen LogP contribution < -0.4 is 0 Å². The predicted octanol–water partition coefficient (Wildman–Crippen LogP) is 3.49. The Morgan fingerprint density at radius 1 is 1.00 bits per heavy atom. The van der Waals surface area contributed by atoms with Gasteiger partial charge in [-0.25, -0.2) is 4.98 Å². The quantitative estimate of drug-likeness (QED) is 0.677. The van der Waals surface area contributed by atoms with Crippen molar-refractivity contribution in [1.29, 1.82) is 0 Å². The average molecular weight is 266 g/mol. The standard InChI is InChI=1S/C8H8N2.C8H10N2/c1-7-3-2-5-10-6-4-9-8(7)10;1-8-3-2-4-9-5-6-10-7-8/h2-6H,1H3;2-7,9H,1H3. The van der Waals surface area contributed by atoms with Crippen molar-refractivity contribution in [3.63, 3.8) is 0 Å². The maximum absolute atomic E-state index is 4.18. The van der Waals surface area contributed by atoms with Crippen LogP contribution in [-0.4, -0.2) is 19.4 Å². The molecule has 1 N–H and O–H groups in total. The van der Waals surface area contributed by atoms with Crippen LogP contribution in [0.5, 0.6) is 0 Å². The van der Waals surface area contributed by atoms with Gasteiger partial charge in [-0.3, -0.25) is 4.98 Å². The summed E-state index contributed by atoms with van der Waals surface area (Å²) in [6, 6.07) is 8.01. The highest BCUT2D eigenvalue weighted by Gasteiger charge is 1.93. The number of imidazole rings is 1. The van der Waals surface area contributed by atoms with Gasteiger partial charge in [0.1, 0.15) is 5.65 Å². The minimum atomic E-state index is 1.04. The molecular formula is C16H18N4. The Morgan fingerprint density at radius 2 is 1.90 bits per heavy atom. The summed E-state index contributed by atoms with van der Waals surface area (Å²) in [5.74, 6) is 0. The summed E-state index contributed by atoms with van der Waals surface area (Å²) in [6.45, 7) is 4.06. The van der Waals surface area contributed by atoms with Crippen LogP contribution in [0.3, 0.4) is 0 Å². The number of aromatic amines is 1. The monoisotopic (exact) mass is 266 g/mol. The van der Waals surface area contributed by atoms with E-state index >= 15 is 0 Å². The molecule has 0 aliphatic rings. The molecule has 3 heterocycles. The summed E-state index contributed by atoms with van der Waals surface area (Å²) in [5, 5.41) is 0. The number of hydrogen-bond donors (Lipinski definition) is 1. The first-order valence-electron chi connectivity index (χ1n) is 6.43. The predicted molar refractivity (Wildman–Crippen MR) is 80.9 cm³/mol. The van der Waals surface area contributed by atoms with Crippen molar-refractivity contribution >= 4 is 5.65 Å². The molecule has 4 nitrogen and oxygen atoms in total. The van der Waals surface area contributed by atoms with Gasteiger partial charge in [0.25, 0.3) is 0 Å². The van der Waals surface area contributed by atoms with Crippen molar-refractivity contribution in [2.24, 2.45) is 0 Å². The smallest absolute Gasteiger partial charge is 0.139 e. The van der Waals surface area contributed by atoms with E-state index in [1.807, 2.05) is 60.5 Å². The molecule has 20 heavy (non-hydrogen) atoms. The molecule has 0 fully saturated rings. The third kappa shape index (κ3) is 3.95. The summed E-state index contributed by atoms with van der Waals surface area (Å²) in [4.78, 5) is 11.1. The van der Waals surface area contributed by atoms with Crippen LogP contribution in [0.1, 0.15) is 11.1 Å². The zero-order valence-corrected chi connectivity index (χ0v) is 11.7. The third-order valence-electron chi connectivity index (χ3n) is 2.70. The molecule has 3 aromatic rings. The van der Waals surface area contributed by atoms with Crippen LogP contribution in [0, 0.1) is 13.8 Å². The van der Waals surface area contributed by atoms with Gasteiger partial charge >= 0.3 is 0 Å². The molecule has 3 aromatic heterocycles. The topological polar surface area (TPSA) is 46.0 Å². The average Bonchev–Trinajstić information content (AvgIpc) is 2.94. The van der Waals surface area contributed by atoms with Gasteiger partial charge in [-0.2, -0.15) is 0 Å². The fourth-order valence-electron chi connectivity index (χ4n) is 1.69. The van der Waals surface area contributed by atoms with Crippen molar-refractivity contribution in [3.05, 3.63) is 78.8 Å². The molecule has 4 heteroatoms. The van der Waals surface area contributed by atoms with Crippen LogP contribution in [-0.2, 0) is 0 Å². The van der Waals surface area contributed by atoms with E-state index in [4.69, 9.17) is 0 Å². The first kappa shape index (κ1) is 13.8. The van der Waals surface area contributed by atoms with E-state index in [0.717, 1.165) is 11.2 Å². The maximum Gasteiger partial charge on any atom is 0.139 e. The van der Waals surface area contributed by atoms with Crippen molar-refractivity contribution < 1.29 is 0 Å². The van der Waals surface area contributed by atoms with E-state index in [-0.39, 0.29) is 0 Å². The third-order valence-corrected chi connectivity index (χ3v) is 2.70. The molecule has 0 bridgehead atoms. The molecule has 0 saturated carbocycles. The molecule has 0 aromatic carbocycles. The molecule has 102 valence electrons. The number of H-pyrrole nitrogens is 1. The zero-order chi connectivity index (χ0) is 14.2. The molecule has 0 saturated heterocycles. The van der Waals surface area contributed by atoms with Gasteiger partial charge < -0.3 is 9.38 Å². The number of nitrogens with zero attached hydrogens (tertiary/aromatic N) is 3. The summed E-state index contributed by atoms with van der Waals surface area (Å²) in [7, 11) is 0. The second-order valence-electron chi connectivity index (χ2n) is 4.38. The first-order valence-corrected chi connectivity index (χ1v) is 6.43. The van der Waals surface area contributed by atoms with Crippen molar-refractivity contribution in [2.75, 3.05) is 0 Å². The number of aryl methyl sites for hydroxylation is 2. The van der Waals surface area contributed by atoms with Crippen molar-refractivity contribution in [2.45, 2.75) is 13.8 Å². The molecule has 0 aliphatic carbocycles. The Labute approximate surface area is 118 Å². The van der Waals surface area contributed by atoms with E-state index < -0.39 is 0 Å². The molecule has 0 spiro atoms. The SMILES string of the molecule is Cc1ccc[nH]ccnc1.Cc1cccn2ccnc12. The lowest BCUT2D eigenvalue weighted by atomic mass is 10.3.